The number of H-pyrrole nitrogens is 2. The van der Waals surface area contributed by atoms with Crippen LogP contribution in [0.1, 0.15) is 125 Å². The van der Waals surface area contributed by atoms with Crippen molar-refractivity contribution in [1.82, 2.24) is 49.9 Å². The number of ether oxygens (including phenoxy) is 4. The lowest BCUT2D eigenvalue weighted by atomic mass is 9.85. The van der Waals surface area contributed by atoms with Crippen LogP contribution in [0, 0.1) is 23.6 Å². The first-order valence-corrected chi connectivity index (χ1v) is 26.8. The monoisotopic (exact) mass is 1030 g/mol. The lowest BCUT2D eigenvalue weighted by molar-refractivity contribution is -0.140. The van der Waals surface area contributed by atoms with Crippen molar-refractivity contribution in [3.63, 3.8) is 0 Å². The van der Waals surface area contributed by atoms with E-state index in [0.717, 1.165) is 64.1 Å². The molecule has 388 valence electrons. The molecule has 20 heteroatoms. The molecule has 74 heavy (non-hydrogen) atoms. The van der Waals surface area contributed by atoms with Gasteiger partial charge < -0.3 is 49.3 Å². The van der Waals surface area contributed by atoms with E-state index >= 15 is 4.39 Å². The summed E-state index contributed by atoms with van der Waals surface area (Å²) in [6.07, 6.45) is 9.92. The van der Waals surface area contributed by atoms with Gasteiger partial charge in [-0.05, 0) is 113 Å². The lowest BCUT2D eigenvalue weighted by Crippen LogP contribution is -2.55. The fraction of sp³-hybridized carbons (Fsp3) is 0.500. The molecule has 12 rings (SSSR count). The smallest absolute Gasteiger partial charge is 0.407 e. The maximum absolute atomic E-state index is 17.0. The molecule has 4 aliphatic heterocycles. The number of rotatable bonds is 12. The van der Waals surface area contributed by atoms with Crippen LogP contribution in [-0.2, 0) is 23.8 Å². The summed E-state index contributed by atoms with van der Waals surface area (Å²) in [6, 6.07) is 9.35. The average Bonchev–Trinajstić information content (AvgIpc) is 3.86. The van der Waals surface area contributed by atoms with Crippen molar-refractivity contribution in [2.24, 2.45) is 17.8 Å². The maximum Gasteiger partial charge on any atom is 0.407 e. The maximum atomic E-state index is 17.0. The summed E-state index contributed by atoms with van der Waals surface area (Å²) in [5, 5.41) is 7.53. The lowest BCUT2D eigenvalue weighted by Gasteiger charge is -2.38. The molecule has 2 aliphatic carbocycles. The van der Waals surface area contributed by atoms with Crippen LogP contribution in [0.5, 0.6) is 5.75 Å². The third-order valence-electron chi connectivity index (χ3n) is 16.0. The molecule has 4 aromatic heterocycles. The van der Waals surface area contributed by atoms with Gasteiger partial charge in [0.1, 0.15) is 35.3 Å². The normalized spacial score (nSPS) is 25.7. The van der Waals surface area contributed by atoms with Crippen molar-refractivity contribution in [2.75, 3.05) is 20.8 Å². The summed E-state index contributed by atoms with van der Waals surface area (Å²) in [6.45, 7) is 8.26. The van der Waals surface area contributed by atoms with E-state index in [9.17, 15) is 19.2 Å². The standard InChI is InChI=1S/C54H61FN10O8S/c1-25(2)45(61-53(68)70-5)50(66)63-13-7-8-38(63)47-56-23-36(60-47)30-17-34(55)44-40-19-31-16-29(11-12-37(31)65(40)52(73-42(44)21-30)43-24-58-49(74-43)28-9-10-28)35-22-57-48(59-35)41-20-32-18-39(32)64(41)51(67)46(62-54(69)71-6)33-14-26(3)72-27(4)15-33/h11-12,16-17,19,21-28,32-33,38-39,41,45-46,52H,7-10,13-15,18,20H2,1-6H3,(H,56,60)(H,57,59)(H,61,68)(H,62,69)/t26-,27+,32-,33?,38+,39-,41+,45+,46+,52?/m1/s1. The molecule has 4 N–H and O–H groups in total. The Morgan fingerprint density at radius 2 is 1.54 bits per heavy atom. The number of hydrogen-bond acceptors (Lipinski definition) is 12. The van der Waals surface area contributed by atoms with Crippen molar-refractivity contribution in [3.8, 4) is 39.5 Å². The van der Waals surface area contributed by atoms with Gasteiger partial charge in [0, 0.05) is 41.2 Å². The summed E-state index contributed by atoms with van der Waals surface area (Å²) in [4.78, 5) is 79.4. The number of amides is 4. The van der Waals surface area contributed by atoms with Crippen molar-refractivity contribution in [3.05, 3.63) is 82.3 Å². The van der Waals surface area contributed by atoms with Gasteiger partial charge in [0.15, 0.2) is 0 Å². The molecule has 2 aromatic carbocycles. The minimum Gasteiger partial charge on any atom is -0.464 e. The Morgan fingerprint density at radius 3 is 2.26 bits per heavy atom. The van der Waals surface area contributed by atoms with Gasteiger partial charge >= 0.3 is 12.2 Å². The summed E-state index contributed by atoms with van der Waals surface area (Å²) in [5.41, 5.74) is 4.60. The van der Waals surface area contributed by atoms with Crippen molar-refractivity contribution in [2.45, 2.75) is 134 Å². The van der Waals surface area contributed by atoms with Gasteiger partial charge in [-0.15, -0.1) is 11.3 Å². The molecule has 10 atom stereocenters. The van der Waals surface area contributed by atoms with E-state index in [1.54, 1.807) is 28.6 Å². The second kappa shape index (κ2) is 18.8. The van der Waals surface area contributed by atoms with Crippen LogP contribution in [0.2, 0.25) is 0 Å². The van der Waals surface area contributed by atoms with E-state index in [1.807, 2.05) is 63.1 Å². The van der Waals surface area contributed by atoms with E-state index < -0.39 is 36.3 Å². The van der Waals surface area contributed by atoms with Gasteiger partial charge in [-0.3, -0.25) is 14.2 Å². The molecule has 0 spiro atoms. The molecule has 0 bridgehead atoms. The molecular weight excluding hydrogens is 968 g/mol. The van der Waals surface area contributed by atoms with E-state index in [1.165, 1.54) is 20.3 Å². The van der Waals surface area contributed by atoms with E-state index in [0.29, 0.717) is 77.6 Å². The molecule has 2 saturated carbocycles. The number of fused-ring (bicyclic) bond motifs is 6. The molecule has 2 unspecified atom stereocenters. The summed E-state index contributed by atoms with van der Waals surface area (Å²) >= 11 is 1.62. The number of aromatic nitrogens is 6. The molecule has 4 amide bonds. The molecule has 8 heterocycles. The number of carbonyl (C=O) groups is 4. The number of thiazole rings is 1. The van der Waals surface area contributed by atoms with Crippen LogP contribution >= 0.6 is 11.3 Å². The molecular formula is C54H61FN10O8S. The highest BCUT2D eigenvalue weighted by Crippen LogP contribution is 2.54. The molecule has 6 aliphatic rings. The second-order valence-corrected chi connectivity index (χ2v) is 22.5. The van der Waals surface area contributed by atoms with Crippen LogP contribution in [0.3, 0.4) is 0 Å². The predicted molar refractivity (Wildman–Crippen MR) is 271 cm³/mol. The zero-order valence-electron chi connectivity index (χ0n) is 42.2. The minimum atomic E-state index is -0.775. The fourth-order valence-corrected chi connectivity index (χ4v) is 13.3. The van der Waals surface area contributed by atoms with Gasteiger partial charge in [-0.1, -0.05) is 19.9 Å². The molecule has 5 fully saturated rings. The van der Waals surface area contributed by atoms with Crippen LogP contribution < -0.4 is 15.4 Å². The molecule has 0 radical (unpaired) electrons. The molecule has 3 saturated heterocycles. The second-order valence-electron chi connectivity index (χ2n) is 21.4. The van der Waals surface area contributed by atoms with Crippen LogP contribution in [0.15, 0.2) is 55.0 Å². The number of imidazole rings is 2. The number of aromatic amines is 2. The van der Waals surface area contributed by atoms with E-state index in [2.05, 4.69) is 31.2 Å². The zero-order chi connectivity index (χ0) is 51.3. The zero-order valence-corrected chi connectivity index (χ0v) is 43.0. The largest absolute Gasteiger partial charge is 0.464 e. The average molecular weight is 1030 g/mol. The van der Waals surface area contributed by atoms with Crippen LogP contribution in [-0.4, -0.2) is 114 Å². The highest BCUT2D eigenvalue weighted by Gasteiger charge is 2.57. The van der Waals surface area contributed by atoms with Crippen LogP contribution in [0.25, 0.3) is 44.7 Å². The third-order valence-corrected chi connectivity index (χ3v) is 17.2. The van der Waals surface area contributed by atoms with Gasteiger partial charge in [0.2, 0.25) is 18.0 Å². The number of likely N-dealkylation sites (tertiary alicyclic amines) is 2. The third kappa shape index (κ3) is 8.66. The molecule has 18 nitrogen and oxygen atoms in total. The number of benzene rings is 2. The number of halogens is 1. The first kappa shape index (κ1) is 48.2. The number of methoxy groups -OCH3 is 2. The number of piperidine rings is 1. The number of nitrogens with zero attached hydrogens (tertiary/aromatic N) is 6. The topological polar surface area (TPSA) is 211 Å². The van der Waals surface area contributed by atoms with Crippen LogP contribution in [0.4, 0.5) is 14.0 Å². The Hall–Kier alpha value is -6.80. The Bertz CT molecular complexity index is 3170. The highest BCUT2D eigenvalue weighted by molar-refractivity contribution is 7.11. The minimum absolute atomic E-state index is 0.0487. The Morgan fingerprint density at radius 1 is 0.824 bits per heavy atom. The summed E-state index contributed by atoms with van der Waals surface area (Å²) in [7, 11) is 2.58. The number of alkyl carbamates (subject to hydrolysis) is 2. The first-order valence-electron chi connectivity index (χ1n) is 25.9. The summed E-state index contributed by atoms with van der Waals surface area (Å²) in [5.74, 6) is 1.33. The number of hydrogen-bond donors (Lipinski definition) is 4. The fourth-order valence-electron chi connectivity index (χ4n) is 12.2. The summed E-state index contributed by atoms with van der Waals surface area (Å²) < 4.78 is 41.8. The number of nitrogens with one attached hydrogen (secondary N) is 4. The Kier molecular flexibility index (Phi) is 12.3. The van der Waals surface area contributed by atoms with Gasteiger partial charge in [0.05, 0.1) is 89.0 Å². The van der Waals surface area contributed by atoms with Crippen molar-refractivity contribution in [1.29, 1.82) is 0 Å². The van der Waals surface area contributed by atoms with E-state index in [-0.39, 0.29) is 54.0 Å². The predicted octanol–water partition coefficient (Wildman–Crippen LogP) is 9.14. The quantitative estimate of drug-likeness (QED) is 0.0908. The Labute approximate surface area is 431 Å². The number of carbonyl (C=O) groups excluding carboxylic acids is 4. The van der Waals surface area contributed by atoms with E-state index in [4.69, 9.17) is 33.9 Å². The van der Waals surface area contributed by atoms with Crippen molar-refractivity contribution < 1.29 is 42.5 Å². The Balaban J connectivity index is 0.849. The SMILES string of the molecule is COC(=O)N[C@H](C(=O)N1CCC[C@H]1c1ncc(-c2cc(F)c3c(c2)OC(c2cnc(C4CC4)s2)n2c-3cc3cc(-c4cnc([C@@H]5C[C@H]6C[C@H]6N5C(=O)[C@@H](NC(=O)OC)C5C[C@@H](C)O[C@@H](C)C5)[nH]4)ccc32)[nH]1)C(C)C. The van der Waals surface area contributed by atoms with Crippen molar-refractivity contribution >= 4 is 46.2 Å². The molecule has 6 aromatic rings. The van der Waals surface area contributed by atoms with Gasteiger partial charge in [-0.2, -0.15) is 0 Å². The van der Waals surface area contributed by atoms with Gasteiger partial charge in [-0.25, -0.2) is 28.9 Å². The van der Waals surface area contributed by atoms with Gasteiger partial charge in [0.25, 0.3) is 0 Å². The first-order chi connectivity index (χ1) is 35.7. The highest BCUT2D eigenvalue weighted by atomic mass is 32.1.